The van der Waals surface area contributed by atoms with Crippen molar-refractivity contribution in [3.8, 4) is 0 Å². The van der Waals surface area contributed by atoms with Gasteiger partial charge in [-0.3, -0.25) is 9.69 Å². The van der Waals surface area contributed by atoms with Crippen molar-refractivity contribution in [3.05, 3.63) is 0 Å². The molecule has 2 aliphatic rings. The first kappa shape index (κ1) is 11.4. The van der Waals surface area contributed by atoms with Gasteiger partial charge >= 0.3 is 6.03 Å². The summed E-state index contributed by atoms with van der Waals surface area (Å²) in [4.78, 5) is 24.8. The molecule has 0 aromatic carbocycles. The minimum absolute atomic E-state index is 0.0533. The normalized spacial score (nSPS) is 24.7. The van der Waals surface area contributed by atoms with Gasteiger partial charge < -0.3 is 5.32 Å². The van der Waals surface area contributed by atoms with Crippen LogP contribution in [0.15, 0.2) is 0 Å². The second-order valence-electron chi connectivity index (χ2n) is 4.80. The molecule has 2 fully saturated rings. The summed E-state index contributed by atoms with van der Waals surface area (Å²) in [5.74, 6) is 0.467. The highest BCUT2D eigenvalue weighted by molar-refractivity contribution is 6.02. The summed E-state index contributed by atoms with van der Waals surface area (Å²) < 4.78 is 0. The van der Waals surface area contributed by atoms with E-state index in [1.807, 2.05) is 0 Å². The molecular formula is C12H20N2O2. The van der Waals surface area contributed by atoms with Gasteiger partial charge in [0.25, 0.3) is 0 Å². The van der Waals surface area contributed by atoms with E-state index in [1.54, 1.807) is 0 Å². The van der Waals surface area contributed by atoms with Crippen LogP contribution in [0.4, 0.5) is 4.79 Å². The molecule has 2 rings (SSSR count). The van der Waals surface area contributed by atoms with E-state index in [1.165, 1.54) is 24.2 Å². The predicted molar refractivity (Wildman–Crippen MR) is 60.9 cm³/mol. The average molecular weight is 224 g/mol. The van der Waals surface area contributed by atoms with Gasteiger partial charge in [-0.1, -0.05) is 26.2 Å². The summed E-state index contributed by atoms with van der Waals surface area (Å²) in [6.45, 7) is 2.25. The van der Waals surface area contributed by atoms with Crippen molar-refractivity contribution >= 4 is 11.9 Å². The highest BCUT2D eigenvalue weighted by Crippen LogP contribution is 2.31. The Morgan fingerprint density at radius 3 is 2.50 bits per heavy atom. The predicted octanol–water partition coefficient (Wildman–Crippen LogP) is 1.90. The van der Waals surface area contributed by atoms with Gasteiger partial charge in [-0.2, -0.15) is 0 Å². The number of hydrogen-bond donors (Lipinski definition) is 1. The maximum Gasteiger partial charge on any atom is 0.324 e. The zero-order chi connectivity index (χ0) is 11.5. The van der Waals surface area contributed by atoms with Crippen molar-refractivity contribution in [1.82, 2.24) is 10.2 Å². The van der Waals surface area contributed by atoms with Crippen LogP contribution in [0, 0.1) is 5.92 Å². The number of amides is 3. The van der Waals surface area contributed by atoms with Crippen molar-refractivity contribution in [1.29, 1.82) is 0 Å². The van der Waals surface area contributed by atoms with Crippen molar-refractivity contribution < 1.29 is 9.59 Å². The lowest BCUT2D eigenvalue weighted by Crippen LogP contribution is -2.45. The summed E-state index contributed by atoms with van der Waals surface area (Å²) >= 11 is 0. The molecule has 1 heterocycles. The standard InChI is InChI=1S/C12H20N2O2/c1-2-10(9-6-4-3-5-7-9)14-11(15)8-13-12(14)16/h9-10H,2-8H2,1H3,(H,13,16). The molecular weight excluding hydrogens is 204 g/mol. The van der Waals surface area contributed by atoms with Crippen molar-refractivity contribution in [2.45, 2.75) is 51.5 Å². The molecule has 3 amide bonds. The Balaban J connectivity index is 2.08. The van der Waals surface area contributed by atoms with Crippen LogP contribution in [0.25, 0.3) is 0 Å². The van der Waals surface area contributed by atoms with Gasteiger partial charge in [0, 0.05) is 6.04 Å². The van der Waals surface area contributed by atoms with E-state index in [0.29, 0.717) is 5.92 Å². The fourth-order valence-corrected chi connectivity index (χ4v) is 3.02. The molecule has 16 heavy (non-hydrogen) atoms. The second kappa shape index (κ2) is 4.85. The van der Waals surface area contributed by atoms with E-state index in [-0.39, 0.29) is 24.5 Å². The molecule has 0 bridgehead atoms. The Morgan fingerprint density at radius 2 is 2.00 bits per heavy atom. The molecule has 1 saturated heterocycles. The van der Waals surface area contributed by atoms with Crippen LogP contribution >= 0.6 is 0 Å². The van der Waals surface area contributed by atoms with E-state index in [0.717, 1.165) is 19.3 Å². The molecule has 1 aliphatic carbocycles. The molecule has 4 heteroatoms. The molecule has 0 aromatic heterocycles. The smallest absolute Gasteiger partial charge is 0.324 e. The monoisotopic (exact) mass is 224 g/mol. The highest BCUT2D eigenvalue weighted by Gasteiger charge is 2.38. The van der Waals surface area contributed by atoms with E-state index in [4.69, 9.17) is 0 Å². The Hall–Kier alpha value is -1.06. The van der Waals surface area contributed by atoms with Crippen LogP contribution in [0.5, 0.6) is 0 Å². The van der Waals surface area contributed by atoms with Gasteiger partial charge in [-0.05, 0) is 25.2 Å². The van der Waals surface area contributed by atoms with Crippen LogP contribution in [0.3, 0.4) is 0 Å². The molecule has 0 spiro atoms. The van der Waals surface area contributed by atoms with Gasteiger partial charge in [-0.25, -0.2) is 4.79 Å². The Morgan fingerprint density at radius 1 is 1.31 bits per heavy atom. The number of imide groups is 1. The number of urea groups is 1. The highest BCUT2D eigenvalue weighted by atomic mass is 16.2. The lowest BCUT2D eigenvalue weighted by molar-refractivity contribution is -0.127. The minimum atomic E-state index is -0.192. The van der Waals surface area contributed by atoms with Gasteiger partial charge in [0.15, 0.2) is 0 Å². The summed E-state index contributed by atoms with van der Waals surface area (Å²) in [6, 6.07) is -0.0716. The van der Waals surface area contributed by atoms with E-state index in [2.05, 4.69) is 12.2 Å². The first-order valence-electron chi connectivity index (χ1n) is 6.34. The molecule has 1 atom stereocenters. The summed E-state index contributed by atoms with van der Waals surface area (Å²) in [6.07, 6.45) is 6.98. The number of rotatable bonds is 3. The Kier molecular flexibility index (Phi) is 3.46. The van der Waals surface area contributed by atoms with E-state index in [9.17, 15) is 9.59 Å². The summed E-state index contributed by atoms with van der Waals surface area (Å²) in [5.41, 5.74) is 0. The van der Waals surface area contributed by atoms with Crippen LogP contribution in [-0.2, 0) is 4.79 Å². The Labute approximate surface area is 96.4 Å². The van der Waals surface area contributed by atoms with Gasteiger partial charge in [0.1, 0.15) is 0 Å². The lowest BCUT2D eigenvalue weighted by Gasteiger charge is -2.34. The maximum atomic E-state index is 11.7. The van der Waals surface area contributed by atoms with Crippen molar-refractivity contribution in [2.75, 3.05) is 6.54 Å². The third-order valence-corrected chi connectivity index (χ3v) is 3.82. The zero-order valence-electron chi connectivity index (χ0n) is 9.87. The number of carbonyl (C=O) groups excluding carboxylic acids is 2. The number of nitrogens with one attached hydrogen (secondary N) is 1. The molecule has 4 nitrogen and oxygen atoms in total. The topological polar surface area (TPSA) is 49.4 Å². The van der Waals surface area contributed by atoms with Crippen LogP contribution in [0.1, 0.15) is 45.4 Å². The average Bonchev–Trinajstić information content (AvgIpc) is 2.63. The third kappa shape index (κ3) is 2.06. The number of carbonyl (C=O) groups is 2. The molecule has 0 radical (unpaired) electrons. The quantitative estimate of drug-likeness (QED) is 0.744. The van der Waals surface area contributed by atoms with E-state index >= 15 is 0 Å². The molecule has 0 aromatic rings. The van der Waals surface area contributed by atoms with Crippen LogP contribution in [0.2, 0.25) is 0 Å². The number of nitrogens with zero attached hydrogens (tertiary/aromatic N) is 1. The first-order chi connectivity index (χ1) is 7.74. The lowest BCUT2D eigenvalue weighted by atomic mass is 9.82. The molecule has 1 N–H and O–H groups in total. The molecule has 90 valence electrons. The van der Waals surface area contributed by atoms with Crippen molar-refractivity contribution in [2.24, 2.45) is 5.92 Å². The fraction of sp³-hybridized carbons (Fsp3) is 0.833. The van der Waals surface area contributed by atoms with Gasteiger partial charge in [0.2, 0.25) is 5.91 Å². The first-order valence-corrected chi connectivity index (χ1v) is 6.34. The molecule has 1 unspecified atom stereocenters. The largest absolute Gasteiger partial charge is 0.329 e. The van der Waals surface area contributed by atoms with Crippen molar-refractivity contribution in [3.63, 3.8) is 0 Å². The fourth-order valence-electron chi connectivity index (χ4n) is 3.02. The van der Waals surface area contributed by atoms with Crippen LogP contribution in [-0.4, -0.2) is 29.4 Å². The molecule has 1 saturated carbocycles. The summed E-state index contributed by atoms with van der Waals surface area (Å²) in [7, 11) is 0. The minimum Gasteiger partial charge on any atom is -0.329 e. The van der Waals surface area contributed by atoms with Gasteiger partial charge in [0.05, 0.1) is 6.54 Å². The Bertz CT molecular complexity index is 269. The zero-order valence-corrected chi connectivity index (χ0v) is 9.87. The van der Waals surface area contributed by atoms with E-state index < -0.39 is 0 Å². The van der Waals surface area contributed by atoms with Gasteiger partial charge in [-0.15, -0.1) is 0 Å². The number of hydrogen-bond acceptors (Lipinski definition) is 2. The third-order valence-electron chi connectivity index (χ3n) is 3.82. The second-order valence-corrected chi connectivity index (χ2v) is 4.80. The SMILES string of the molecule is CCC(C1CCCCC1)N1C(=O)CNC1=O. The molecule has 1 aliphatic heterocycles. The van der Waals surface area contributed by atoms with Crippen LogP contribution < -0.4 is 5.32 Å². The summed E-state index contributed by atoms with van der Waals surface area (Å²) in [5, 5.41) is 2.61. The maximum absolute atomic E-state index is 11.7.